The summed E-state index contributed by atoms with van der Waals surface area (Å²) in [5, 5.41) is 0.450. The van der Waals surface area contributed by atoms with Crippen LogP contribution >= 0.6 is 23.2 Å². The van der Waals surface area contributed by atoms with Crippen LogP contribution in [0.2, 0.25) is 10.0 Å². The Balaban J connectivity index is 1.39. The highest BCUT2D eigenvalue weighted by Gasteiger charge is 2.28. The number of benzene rings is 2. The summed E-state index contributed by atoms with van der Waals surface area (Å²) in [6, 6.07) is 8.32. The Hall–Kier alpha value is -3.23. The summed E-state index contributed by atoms with van der Waals surface area (Å²) in [4.78, 5) is 19.8. The van der Waals surface area contributed by atoms with E-state index in [1.807, 2.05) is 0 Å². The van der Waals surface area contributed by atoms with E-state index in [0.29, 0.717) is 49.7 Å². The van der Waals surface area contributed by atoms with Gasteiger partial charge >= 0.3 is 12.6 Å². The fourth-order valence-corrected chi connectivity index (χ4v) is 7.46. The highest BCUT2D eigenvalue weighted by molar-refractivity contribution is 7.91. The third-order valence-corrected chi connectivity index (χ3v) is 10.8. The number of morpholine rings is 1. The number of nitrogens with zero attached hydrogens (tertiary/aromatic N) is 2. The molecule has 2 aliphatic rings. The number of aromatic nitrogens is 1. The first-order valence-corrected chi connectivity index (χ1v) is 18.4. The van der Waals surface area contributed by atoms with Crippen LogP contribution in [0.25, 0.3) is 0 Å². The van der Waals surface area contributed by atoms with E-state index in [2.05, 4.69) is 14.6 Å². The number of hydrogen-bond donors (Lipinski definition) is 0. The Morgan fingerprint density at radius 2 is 1.73 bits per heavy atom. The molecule has 266 valence electrons. The van der Waals surface area contributed by atoms with Crippen LogP contribution in [0.5, 0.6) is 17.2 Å². The van der Waals surface area contributed by atoms with E-state index in [1.165, 1.54) is 55.9 Å². The molecule has 49 heavy (non-hydrogen) atoms. The van der Waals surface area contributed by atoms with Gasteiger partial charge in [0.1, 0.15) is 16.7 Å². The Morgan fingerprint density at radius 3 is 2.41 bits per heavy atom. The van der Waals surface area contributed by atoms with Gasteiger partial charge in [-0.15, -0.1) is 0 Å². The first-order valence-electron chi connectivity index (χ1n) is 16.0. The Kier molecular flexibility index (Phi) is 12.9. The summed E-state index contributed by atoms with van der Waals surface area (Å²) in [6.07, 6.45) is 4.75. The number of ether oxygens (including phenoxy) is 5. The number of carbonyl (C=O) groups is 1. The van der Waals surface area contributed by atoms with Crippen molar-refractivity contribution in [2.45, 2.75) is 49.7 Å². The normalized spacial score (nSPS) is 16.0. The summed E-state index contributed by atoms with van der Waals surface area (Å²) in [7, 11) is -2.49. The maximum Gasteiger partial charge on any atom is 0.387 e. The van der Waals surface area contributed by atoms with Crippen molar-refractivity contribution in [3.05, 3.63) is 75.5 Å². The number of carbonyl (C=O) groups excluding carboxylic acids is 1. The van der Waals surface area contributed by atoms with Crippen LogP contribution in [0, 0.1) is 5.92 Å². The van der Waals surface area contributed by atoms with Crippen molar-refractivity contribution in [1.82, 2.24) is 9.88 Å². The third kappa shape index (κ3) is 10.4. The molecule has 2 aromatic carbocycles. The van der Waals surface area contributed by atoms with Crippen LogP contribution in [0.15, 0.2) is 53.7 Å². The lowest BCUT2D eigenvalue weighted by molar-refractivity contribution is -0.0515. The van der Waals surface area contributed by atoms with Gasteiger partial charge in [0.15, 0.2) is 21.3 Å². The molecule has 2 fully saturated rings. The summed E-state index contributed by atoms with van der Waals surface area (Å²) in [5.41, 5.74) is 0.776. The molecule has 3 aromatic rings. The van der Waals surface area contributed by atoms with Crippen molar-refractivity contribution >= 4 is 39.0 Å². The maximum atomic E-state index is 13.7. The van der Waals surface area contributed by atoms with Crippen LogP contribution in [-0.2, 0) is 25.7 Å². The average molecular weight is 744 g/mol. The summed E-state index contributed by atoms with van der Waals surface area (Å²) >= 11 is 12.8. The van der Waals surface area contributed by atoms with Crippen LogP contribution in [-0.4, -0.2) is 83.2 Å². The third-order valence-electron chi connectivity index (χ3n) is 8.29. The predicted octanol–water partition coefficient (Wildman–Crippen LogP) is 6.81. The highest BCUT2D eigenvalue weighted by Crippen LogP contribution is 2.38. The van der Waals surface area contributed by atoms with E-state index in [4.69, 9.17) is 42.1 Å². The molecule has 10 nitrogen and oxygen atoms in total. The number of hydrogen-bond acceptors (Lipinski definition) is 10. The SMILES string of the molecule is COc1ccc(C(=O)O[C@@H](Cc2c(Cl)cncc2Cl)c2ccc(OC(F)F)c(OCC3CC3)c2)cc1S(=O)(=O)CCCCN1CCOCC1. The number of halogens is 4. The van der Waals surface area contributed by atoms with Gasteiger partial charge in [-0.2, -0.15) is 8.78 Å². The minimum Gasteiger partial charge on any atom is -0.495 e. The first kappa shape index (κ1) is 37.0. The Morgan fingerprint density at radius 1 is 1.02 bits per heavy atom. The molecule has 1 saturated heterocycles. The lowest BCUT2D eigenvalue weighted by Crippen LogP contribution is -2.36. The molecule has 1 saturated carbocycles. The molecular weight excluding hydrogens is 705 g/mol. The number of methoxy groups -OCH3 is 1. The van der Waals surface area contributed by atoms with Gasteiger partial charge in [0.2, 0.25) is 0 Å². The van der Waals surface area contributed by atoms with E-state index < -0.39 is 28.5 Å². The van der Waals surface area contributed by atoms with Crippen molar-refractivity contribution in [2.75, 3.05) is 52.3 Å². The van der Waals surface area contributed by atoms with E-state index in [1.54, 1.807) is 0 Å². The molecule has 15 heteroatoms. The fraction of sp³-hybridized carbons (Fsp3) is 0.471. The van der Waals surface area contributed by atoms with Gasteiger partial charge in [0.05, 0.1) is 48.3 Å². The van der Waals surface area contributed by atoms with Crippen molar-refractivity contribution < 1.29 is 45.7 Å². The molecule has 1 aliphatic carbocycles. The molecule has 1 aliphatic heterocycles. The monoisotopic (exact) mass is 742 g/mol. The van der Waals surface area contributed by atoms with Crippen molar-refractivity contribution in [3.63, 3.8) is 0 Å². The molecule has 0 unspecified atom stereocenters. The molecule has 0 radical (unpaired) electrons. The van der Waals surface area contributed by atoms with Gasteiger partial charge in [-0.25, -0.2) is 13.2 Å². The average Bonchev–Trinajstić information content (AvgIpc) is 3.92. The number of esters is 1. The van der Waals surface area contributed by atoms with E-state index in [0.717, 1.165) is 32.5 Å². The minimum atomic E-state index is -3.84. The zero-order chi connectivity index (χ0) is 35.0. The highest BCUT2D eigenvalue weighted by atomic mass is 35.5. The molecule has 2 heterocycles. The molecule has 0 spiro atoms. The smallest absolute Gasteiger partial charge is 0.387 e. The Bertz CT molecular complexity index is 1690. The second-order valence-corrected chi connectivity index (χ2v) is 14.8. The quantitative estimate of drug-likeness (QED) is 0.108. The topological polar surface area (TPSA) is 113 Å². The molecule has 0 bridgehead atoms. The lowest BCUT2D eigenvalue weighted by atomic mass is 10.0. The van der Waals surface area contributed by atoms with Crippen molar-refractivity contribution in [1.29, 1.82) is 0 Å². The van der Waals surface area contributed by atoms with E-state index in [9.17, 15) is 22.0 Å². The lowest BCUT2D eigenvalue weighted by Gasteiger charge is -2.26. The standard InChI is InChI=1S/C34H38Cl2F2N2O8S/c1-44-29-9-7-24(17-32(29)49(42,43)15-3-2-10-40-11-13-45-14-12-40)33(41)47-30(18-25-26(35)19-39-20-27(25)36)23-6-8-28(48-34(37)38)31(16-23)46-21-22-4-5-22/h6-9,16-17,19-20,22,30,34H,2-5,10-15,18,21H2,1H3/t30-/m0/s1. The molecule has 1 aromatic heterocycles. The molecule has 0 amide bonds. The first-order chi connectivity index (χ1) is 23.5. The van der Waals surface area contributed by atoms with Gasteiger partial charge in [-0.05, 0) is 79.6 Å². The number of unbranched alkanes of at least 4 members (excludes halogenated alkanes) is 1. The molecule has 0 N–H and O–H groups in total. The van der Waals surface area contributed by atoms with Crippen LogP contribution < -0.4 is 14.2 Å². The number of sulfone groups is 1. The molecule has 1 atom stereocenters. The van der Waals surface area contributed by atoms with Gasteiger partial charge in [0, 0.05) is 31.9 Å². The minimum absolute atomic E-state index is 0.0203. The molecular formula is C34H38Cl2F2N2O8S. The largest absolute Gasteiger partial charge is 0.495 e. The van der Waals surface area contributed by atoms with Crippen LogP contribution in [0.4, 0.5) is 8.78 Å². The zero-order valence-electron chi connectivity index (χ0n) is 26.9. The number of pyridine rings is 1. The predicted molar refractivity (Wildman–Crippen MR) is 179 cm³/mol. The second kappa shape index (κ2) is 17.1. The van der Waals surface area contributed by atoms with E-state index in [-0.39, 0.29) is 49.9 Å². The maximum absolute atomic E-state index is 13.7. The van der Waals surface area contributed by atoms with Gasteiger partial charge < -0.3 is 23.7 Å². The van der Waals surface area contributed by atoms with Crippen LogP contribution in [0.1, 0.15) is 53.3 Å². The van der Waals surface area contributed by atoms with Gasteiger partial charge in [-0.1, -0.05) is 29.3 Å². The van der Waals surface area contributed by atoms with E-state index >= 15 is 0 Å². The summed E-state index contributed by atoms with van der Waals surface area (Å²) in [6.45, 7) is 0.943. The zero-order valence-corrected chi connectivity index (χ0v) is 29.2. The summed E-state index contributed by atoms with van der Waals surface area (Å²) in [5.74, 6) is -0.667. The van der Waals surface area contributed by atoms with Crippen molar-refractivity contribution in [3.8, 4) is 17.2 Å². The number of rotatable bonds is 17. The fourth-order valence-electron chi connectivity index (χ4n) is 5.38. The van der Waals surface area contributed by atoms with Gasteiger partial charge in [0.25, 0.3) is 0 Å². The van der Waals surface area contributed by atoms with Gasteiger partial charge in [-0.3, -0.25) is 9.88 Å². The summed E-state index contributed by atoms with van der Waals surface area (Å²) < 4.78 is 80.6. The van der Waals surface area contributed by atoms with Crippen LogP contribution in [0.3, 0.4) is 0 Å². The van der Waals surface area contributed by atoms with Crippen molar-refractivity contribution in [2.24, 2.45) is 5.92 Å². The Labute approximate surface area is 294 Å². The second-order valence-electron chi connectivity index (χ2n) is 11.9. The number of alkyl halides is 2. The molecule has 5 rings (SSSR count).